The highest BCUT2D eigenvalue weighted by atomic mass is 16.1. The number of hydrogen-bond acceptors (Lipinski definition) is 5. The van der Waals surface area contributed by atoms with Gasteiger partial charge in [0.1, 0.15) is 0 Å². The Kier molecular flexibility index (Phi) is 5.63. The third kappa shape index (κ3) is 4.63. The molecule has 1 amide bonds. The number of aromatic nitrogens is 2. The van der Waals surface area contributed by atoms with Gasteiger partial charge in [-0.15, -0.1) is 0 Å². The van der Waals surface area contributed by atoms with Crippen molar-refractivity contribution in [2.24, 2.45) is 5.92 Å². The lowest BCUT2D eigenvalue weighted by Crippen LogP contribution is -2.28. The summed E-state index contributed by atoms with van der Waals surface area (Å²) in [7, 11) is 0. The summed E-state index contributed by atoms with van der Waals surface area (Å²) in [5.41, 5.74) is 3.10. The van der Waals surface area contributed by atoms with Crippen molar-refractivity contribution in [1.82, 2.24) is 15.3 Å². The molecule has 0 spiro atoms. The number of rotatable bonds is 7. The van der Waals surface area contributed by atoms with Crippen LogP contribution in [0.4, 0.5) is 11.6 Å². The van der Waals surface area contributed by atoms with Gasteiger partial charge in [0, 0.05) is 55.7 Å². The average Bonchev–Trinajstić information content (AvgIpc) is 3.16. The van der Waals surface area contributed by atoms with Gasteiger partial charge in [0.05, 0.1) is 0 Å². The largest absolute Gasteiger partial charge is 0.341 e. The van der Waals surface area contributed by atoms with E-state index in [4.69, 9.17) is 0 Å². The Morgan fingerprint density at radius 3 is 2.48 bits per heavy atom. The molecule has 1 saturated carbocycles. The Bertz CT molecular complexity index is 766. The van der Waals surface area contributed by atoms with Crippen LogP contribution in [0.2, 0.25) is 0 Å². The Balaban J connectivity index is 1.26. The van der Waals surface area contributed by atoms with E-state index in [0.717, 1.165) is 61.8 Å². The number of amides is 1. The third-order valence-corrected chi connectivity index (χ3v) is 5.41. The van der Waals surface area contributed by atoms with Crippen LogP contribution in [-0.4, -0.2) is 29.0 Å². The molecule has 27 heavy (non-hydrogen) atoms. The second-order valence-electron chi connectivity index (χ2n) is 7.51. The summed E-state index contributed by atoms with van der Waals surface area (Å²) in [6.07, 6.45) is 9.48. The van der Waals surface area contributed by atoms with E-state index in [9.17, 15) is 4.79 Å². The fourth-order valence-corrected chi connectivity index (χ4v) is 3.54. The van der Waals surface area contributed by atoms with Crippen LogP contribution in [0, 0.1) is 5.92 Å². The fraction of sp³-hybridized carbons (Fsp3) is 0.476. The van der Waals surface area contributed by atoms with Gasteiger partial charge in [-0.3, -0.25) is 4.79 Å². The molecule has 2 N–H and O–H groups in total. The van der Waals surface area contributed by atoms with Gasteiger partial charge in [-0.05, 0) is 43.4 Å². The topological polar surface area (TPSA) is 70.2 Å². The highest BCUT2D eigenvalue weighted by Gasteiger charge is 2.25. The number of nitrogens with one attached hydrogen (secondary N) is 2. The lowest BCUT2D eigenvalue weighted by atomic mass is 9.85. The fourth-order valence-electron chi connectivity index (χ4n) is 3.54. The number of hydrogen-bond donors (Lipinski definition) is 2. The Morgan fingerprint density at radius 1 is 1.04 bits per heavy atom. The number of carbonyl (C=O) groups excluding carboxylic acids is 1. The molecule has 6 heteroatoms. The van der Waals surface area contributed by atoms with E-state index in [1.807, 2.05) is 30.6 Å². The number of anilines is 2. The first-order chi connectivity index (χ1) is 13.3. The number of benzene rings is 1. The summed E-state index contributed by atoms with van der Waals surface area (Å²) >= 11 is 0. The average molecular weight is 365 g/mol. The first kappa shape index (κ1) is 17.9. The molecule has 0 unspecified atom stereocenters. The zero-order valence-electron chi connectivity index (χ0n) is 15.7. The van der Waals surface area contributed by atoms with Gasteiger partial charge >= 0.3 is 0 Å². The van der Waals surface area contributed by atoms with Crippen molar-refractivity contribution in [3.63, 3.8) is 0 Å². The van der Waals surface area contributed by atoms with Crippen LogP contribution < -0.4 is 15.5 Å². The predicted octanol–water partition coefficient (Wildman–Crippen LogP) is 3.11. The molecule has 4 rings (SSSR count). The van der Waals surface area contributed by atoms with Crippen LogP contribution in [0.3, 0.4) is 0 Å². The van der Waals surface area contributed by atoms with Crippen molar-refractivity contribution in [1.29, 1.82) is 0 Å². The highest BCUT2D eigenvalue weighted by Crippen LogP contribution is 2.27. The summed E-state index contributed by atoms with van der Waals surface area (Å²) < 4.78 is 0. The van der Waals surface area contributed by atoms with Gasteiger partial charge in [0.25, 0.3) is 0 Å². The normalized spacial score (nSPS) is 17.0. The standard InChI is InChI=1S/C21H27N5O/c27-20(18-6-4-7-18)25-19-8-3-5-16(11-19)12-22-13-17-14-23-21(24-15-17)26-9-1-2-10-26/h3,5,8,11,14-15,18,22H,1-2,4,6-7,9-10,12-13H2,(H,25,27). The van der Waals surface area contributed by atoms with Crippen molar-refractivity contribution in [3.05, 3.63) is 47.8 Å². The van der Waals surface area contributed by atoms with Gasteiger partial charge in [0.15, 0.2) is 0 Å². The minimum Gasteiger partial charge on any atom is -0.341 e. The summed E-state index contributed by atoms with van der Waals surface area (Å²) in [5.74, 6) is 1.20. The van der Waals surface area contributed by atoms with Gasteiger partial charge in [0.2, 0.25) is 11.9 Å². The lowest BCUT2D eigenvalue weighted by Gasteiger charge is -2.24. The quantitative estimate of drug-likeness (QED) is 0.789. The molecule has 2 aliphatic rings. The maximum atomic E-state index is 12.1. The molecule has 1 aromatic carbocycles. The van der Waals surface area contributed by atoms with Crippen molar-refractivity contribution < 1.29 is 4.79 Å². The van der Waals surface area contributed by atoms with Crippen LogP contribution >= 0.6 is 0 Å². The molecule has 2 heterocycles. The van der Waals surface area contributed by atoms with E-state index in [1.54, 1.807) is 0 Å². The Labute approximate surface area is 160 Å². The molecule has 1 aliphatic heterocycles. The molecule has 1 aliphatic carbocycles. The van der Waals surface area contributed by atoms with E-state index >= 15 is 0 Å². The van der Waals surface area contributed by atoms with Gasteiger partial charge < -0.3 is 15.5 Å². The van der Waals surface area contributed by atoms with Crippen LogP contribution in [0.1, 0.15) is 43.2 Å². The Morgan fingerprint density at radius 2 is 1.78 bits per heavy atom. The molecule has 2 aromatic rings. The van der Waals surface area contributed by atoms with Crippen molar-refractivity contribution in [2.75, 3.05) is 23.3 Å². The molecule has 2 fully saturated rings. The van der Waals surface area contributed by atoms with Crippen LogP contribution in [0.15, 0.2) is 36.7 Å². The summed E-state index contributed by atoms with van der Waals surface area (Å²) in [6, 6.07) is 8.04. The predicted molar refractivity (Wildman–Crippen MR) is 106 cm³/mol. The third-order valence-electron chi connectivity index (χ3n) is 5.41. The molecule has 0 radical (unpaired) electrons. The minimum absolute atomic E-state index is 0.154. The smallest absolute Gasteiger partial charge is 0.227 e. The maximum Gasteiger partial charge on any atom is 0.227 e. The number of carbonyl (C=O) groups is 1. The molecule has 142 valence electrons. The monoisotopic (exact) mass is 365 g/mol. The van der Waals surface area contributed by atoms with Gasteiger partial charge in [-0.2, -0.15) is 0 Å². The Hall–Kier alpha value is -2.47. The van der Waals surface area contributed by atoms with Crippen molar-refractivity contribution >= 4 is 17.5 Å². The first-order valence-electron chi connectivity index (χ1n) is 9.94. The summed E-state index contributed by atoms with van der Waals surface area (Å²) in [6.45, 7) is 3.58. The SMILES string of the molecule is O=C(Nc1cccc(CNCc2cnc(N3CCCC3)nc2)c1)C1CCC1. The molecule has 6 nitrogen and oxygen atoms in total. The first-order valence-corrected chi connectivity index (χ1v) is 9.94. The lowest BCUT2D eigenvalue weighted by molar-refractivity contribution is -0.122. The molecular formula is C21H27N5O. The highest BCUT2D eigenvalue weighted by molar-refractivity contribution is 5.93. The second kappa shape index (κ2) is 8.48. The van der Waals surface area contributed by atoms with Crippen LogP contribution in [-0.2, 0) is 17.9 Å². The van der Waals surface area contributed by atoms with E-state index in [-0.39, 0.29) is 11.8 Å². The van der Waals surface area contributed by atoms with E-state index < -0.39 is 0 Å². The van der Waals surface area contributed by atoms with Crippen LogP contribution in [0.25, 0.3) is 0 Å². The number of nitrogens with zero attached hydrogens (tertiary/aromatic N) is 3. The van der Waals surface area contributed by atoms with E-state index in [2.05, 4.69) is 31.6 Å². The van der Waals surface area contributed by atoms with E-state index in [1.165, 1.54) is 19.3 Å². The minimum atomic E-state index is 0.154. The summed E-state index contributed by atoms with van der Waals surface area (Å²) in [4.78, 5) is 23.3. The second-order valence-corrected chi connectivity index (χ2v) is 7.51. The molecule has 0 atom stereocenters. The molecule has 1 aromatic heterocycles. The zero-order chi connectivity index (χ0) is 18.5. The van der Waals surface area contributed by atoms with Crippen molar-refractivity contribution in [2.45, 2.75) is 45.2 Å². The molecule has 0 bridgehead atoms. The van der Waals surface area contributed by atoms with E-state index in [0.29, 0.717) is 0 Å². The molecule has 1 saturated heterocycles. The summed E-state index contributed by atoms with van der Waals surface area (Å²) in [5, 5.41) is 6.46. The molecular weight excluding hydrogens is 338 g/mol. The zero-order valence-corrected chi connectivity index (χ0v) is 15.7. The van der Waals surface area contributed by atoms with Crippen LogP contribution in [0.5, 0.6) is 0 Å². The van der Waals surface area contributed by atoms with Gasteiger partial charge in [-0.1, -0.05) is 18.6 Å². The van der Waals surface area contributed by atoms with Gasteiger partial charge in [-0.25, -0.2) is 9.97 Å². The maximum absolute atomic E-state index is 12.1. The van der Waals surface area contributed by atoms with Crippen molar-refractivity contribution in [3.8, 4) is 0 Å².